The maximum atomic E-state index is 12.8. The van der Waals surface area contributed by atoms with Crippen LogP contribution in [0.2, 0.25) is 0 Å². The van der Waals surface area contributed by atoms with Crippen LogP contribution in [-0.2, 0) is 6.54 Å². The molecule has 0 spiro atoms. The number of aromatic nitrogens is 3. The minimum atomic E-state index is 0. The number of unbranched alkanes of at least 4 members (excludes halogenated alkanes) is 1. The van der Waals surface area contributed by atoms with E-state index in [1.807, 2.05) is 34.1 Å². The van der Waals surface area contributed by atoms with E-state index in [-0.39, 0.29) is 42.8 Å². The first-order valence-electron chi connectivity index (χ1n) is 11.0. The van der Waals surface area contributed by atoms with Crippen LogP contribution in [-0.4, -0.2) is 39.6 Å². The van der Waals surface area contributed by atoms with Crippen LogP contribution in [0.4, 0.5) is 0 Å². The first-order valence-corrected chi connectivity index (χ1v) is 11.0. The number of pyridine rings is 1. The van der Waals surface area contributed by atoms with Gasteiger partial charge in [-0.25, -0.2) is 4.98 Å². The molecule has 0 saturated heterocycles. The van der Waals surface area contributed by atoms with Crippen LogP contribution in [0.5, 0.6) is 0 Å². The third-order valence-corrected chi connectivity index (χ3v) is 6.10. The minimum Gasteiger partial charge on any atom is -0.315 e. The molecule has 0 atom stereocenters. The van der Waals surface area contributed by atoms with Gasteiger partial charge in [-0.1, -0.05) is 31.7 Å². The summed E-state index contributed by atoms with van der Waals surface area (Å²) < 4.78 is 3.90. The molecule has 0 unspecified atom stereocenters. The molecule has 3 aromatic rings. The van der Waals surface area contributed by atoms with E-state index in [1.54, 1.807) is 0 Å². The highest BCUT2D eigenvalue weighted by Crippen LogP contribution is 2.18. The summed E-state index contributed by atoms with van der Waals surface area (Å²) in [6.45, 7) is 5.76. The molecular weight excluding hydrogens is 457 g/mol. The van der Waals surface area contributed by atoms with Gasteiger partial charge < -0.3 is 10.6 Å². The Morgan fingerprint density at radius 2 is 1.74 bits per heavy atom. The van der Waals surface area contributed by atoms with Gasteiger partial charge in [0.2, 0.25) is 0 Å². The molecule has 1 aliphatic carbocycles. The number of rotatable bonds is 9. The fraction of sp³-hybridized carbons (Fsp3) is 0.636. The molecule has 0 amide bonds. The normalized spacial score (nSPS) is 14.7. The van der Waals surface area contributed by atoms with Crippen molar-refractivity contribution in [1.29, 1.82) is 0 Å². The van der Waals surface area contributed by atoms with Crippen molar-refractivity contribution < 1.29 is 0 Å². The van der Waals surface area contributed by atoms with Gasteiger partial charge in [-0.15, -0.1) is 37.2 Å². The summed E-state index contributed by atoms with van der Waals surface area (Å²) in [7, 11) is 0. The molecule has 176 valence electrons. The first-order chi connectivity index (χ1) is 13.8. The van der Waals surface area contributed by atoms with Crippen LogP contribution in [0.15, 0.2) is 23.0 Å². The number of nitrogens with one attached hydrogen (secondary N) is 2. The third-order valence-electron chi connectivity index (χ3n) is 6.10. The van der Waals surface area contributed by atoms with E-state index in [9.17, 15) is 4.79 Å². The van der Waals surface area contributed by atoms with Gasteiger partial charge in [-0.3, -0.25) is 13.8 Å². The molecule has 0 bridgehead atoms. The van der Waals surface area contributed by atoms with Crippen molar-refractivity contribution in [3.63, 3.8) is 0 Å². The minimum absolute atomic E-state index is 0. The van der Waals surface area contributed by atoms with Crippen molar-refractivity contribution in [2.45, 2.75) is 70.9 Å². The van der Waals surface area contributed by atoms with Crippen molar-refractivity contribution >= 4 is 54.0 Å². The Bertz CT molecular complexity index is 950. The highest BCUT2D eigenvalue weighted by molar-refractivity contribution is 5.86. The van der Waals surface area contributed by atoms with Gasteiger partial charge in [0.1, 0.15) is 16.8 Å². The zero-order valence-electron chi connectivity index (χ0n) is 18.3. The summed E-state index contributed by atoms with van der Waals surface area (Å²) in [5.74, 6) is 0. The molecule has 1 fully saturated rings. The lowest BCUT2D eigenvalue weighted by Crippen LogP contribution is -2.35. The average molecular weight is 493 g/mol. The highest BCUT2D eigenvalue weighted by Gasteiger charge is 2.17. The molecule has 1 saturated carbocycles. The van der Waals surface area contributed by atoms with E-state index >= 15 is 0 Å². The highest BCUT2D eigenvalue weighted by atomic mass is 35.5. The Balaban J connectivity index is 0.00000160. The molecule has 0 aliphatic heterocycles. The maximum Gasteiger partial charge on any atom is 0.278 e. The Labute approximate surface area is 203 Å². The molecule has 1 aliphatic rings. The van der Waals surface area contributed by atoms with Gasteiger partial charge in [0, 0.05) is 25.7 Å². The topological polar surface area (TPSA) is 63.4 Å². The van der Waals surface area contributed by atoms with E-state index in [0.29, 0.717) is 0 Å². The van der Waals surface area contributed by atoms with Crippen LogP contribution >= 0.6 is 37.2 Å². The Hall–Kier alpha value is -1.05. The second kappa shape index (κ2) is 13.5. The molecule has 9 heteroatoms. The summed E-state index contributed by atoms with van der Waals surface area (Å²) in [6, 6.07) is 6.68. The number of imidazole rings is 2. The van der Waals surface area contributed by atoms with Gasteiger partial charge in [0.25, 0.3) is 5.56 Å². The molecule has 2 N–H and O–H groups in total. The van der Waals surface area contributed by atoms with Crippen LogP contribution in [0.3, 0.4) is 0 Å². The smallest absolute Gasteiger partial charge is 0.278 e. The lowest BCUT2D eigenvalue weighted by atomic mass is 10.1. The summed E-state index contributed by atoms with van der Waals surface area (Å²) in [6.07, 6.45) is 10.3. The quantitative estimate of drug-likeness (QED) is 0.344. The largest absolute Gasteiger partial charge is 0.315 e. The van der Waals surface area contributed by atoms with E-state index in [1.165, 1.54) is 38.5 Å². The Morgan fingerprint density at radius 3 is 2.48 bits per heavy atom. The number of hydrogen-bond donors (Lipinski definition) is 2. The van der Waals surface area contributed by atoms with Crippen molar-refractivity contribution in [3.05, 3.63) is 34.2 Å². The summed E-state index contributed by atoms with van der Waals surface area (Å²) in [5, 5.41) is 7.24. The van der Waals surface area contributed by atoms with Crippen LogP contribution in [0, 0.1) is 6.92 Å². The molecule has 4 rings (SSSR count). The van der Waals surface area contributed by atoms with Gasteiger partial charge >= 0.3 is 0 Å². The van der Waals surface area contributed by atoms with Crippen molar-refractivity contribution in [2.24, 2.45) is 0 Å². The summed E-state index contributed by atoms with van der Waals surface area (Å²) in [4.78, 5) is 17.3. The van der Waals surface area contributed by atoms with E-state index in [4.69, 9.17) is 0 Å². The van der Waals surface area contributed by atoms with E-state index < -0.39 is 0 Å². The Morgan fingerprint density at radius 1 is 1.00 bits per heavy atom. The second-order valence-electron chi connectivity index (χ2n) is 8.18. The predicted molar refractivity (Wildman–Crippen MR) is 136 cm³/mol. The lowest BCUT2D eigenvalue weighted by molar-refractivity contribution is 0.452. The lowest BCUT2D eigenvalue weighted by Gasteiger charge is -2.16. The van der Waals surface area contributed by atoms with Gasteiger partial charge in [-0.2, -0.15) is 0 Å². The molecule has 3 heterocycles. The molecular formula is C22H36Cl3N5O. The first kappa shape index (κ1) is 28.0. The zero-order chi connectivity index (χ0) is 19.3. The molecule has 6 nitrogen and oxygen atoms in total. The third kappa shape index (κ3) is 6.48. The number of aryl methyl sites for hydroxylation is 2. The van der Waals surface area contributed by atoms with Gasteiger partial charge in [0.15, 0.2) is 0 Å². The van der Waals surface area contributed by atoms with Crippen molar-refractivity contribution in [2.75, 3.05) is 19.6 Å². The average Bonchev–Trinajstić information content (AvgIpc) is 3.03. The molecule has 31 heavy (non-hydrogen) atoms. The van der Waals surface area contributed by atoms with Gasteiger partial charge in [0.05, 0.1) is 5.69 Å². The molecule has 0 radical (unpaired) electrons. The van der Waals surface area contributed by atoms with E-state index in [0.717, 1.165) is 67.6 Å². The maximum absolute atomic E-state index is 12.8. The Kier molecular flexibility index (Phi) is 12.2. The van der Waals surface area contributed by atoms with Crippen molar-refractivity contribution in [3.8, 4) is 0 Å². The summed E-state index contributed by atoms with van der Waals surface area (Å²) in [5.41, 5.74) is 3.46. The standard InChI is InChI=1S/C22H33N5O.3ClH/c1-17-21-22(28)26(20-12-8-11-19(25-17)27(20)21)16-7-6-13-23-14-15-24-18-9-4-2-3-5-10-18;;;/h8,11-12,18,23-24H,2-7,9-10,13-16H2,1H3;3*1H. The molecule has 0 aromatic carbocycles. The fourth-order valence-electron chi connectivity index (χ4n) is 4.59. The summed E-state index contributed by atoms with van der Waals surface area (Å²) >= 11 is 0. The number of hydrogen-bond acceptors (Lipinski definition) is 4. The van der Waals surface area contributed by atoms with Crippen LogP contribution in [0.25, 0.3) is 16.8 Å². The SMILES string of the molecule is Cc1nc2cccc3n(CCCCNCCNC4CCCCCC4)c(=O)c1n23.Cl.Cl.Cl. The van der Waals surface area contributed by atoms with Gasteiger partial charge in [-0.05, 0) is 51.3 Å². The number of nitrogens with zero attached hydrogens (tertiary/aromatic N) is 3. The fourth-order valence-corrected chi connectivity index (χ4v) is 4.59. The van der Waals surface area contributed by atoms with E-state index in [2.05, 4.69) is 15.6 Å². The van der Waals surface area contributed by atoms with Crippen molar-refractivity contribution in [1.82, 2.24) is 24.6 Å². The zero-order valence-corrected chi connectivity index (χ0v) is 20.7. The molecule has 3 aromatic heterocycles. The predicted octanol–water partition coefficient (Wildman–Crippen LogP) is 4.34. The monoisotopic (exact) mass is 491 g/mol. The van der Waals surface area contributed by atoms with Crippen LogP contribution in [0.1, 0.15) is 57.1 Å². The van der Waals surface area contributed by atoms with Crippen LogP contribution < -0.4 is 16.2 Å². The second-order valence-corrected chi connectivity index (χ2v) is 8.18. The number of halogens is 3.